The number of methoxy groups -OCH3 is 1. The smallest absolute Gasteiger partial charge is 0.342 e. The van der Waals surface area contributed by atoms with Crippen LogP contribution in [0.2, 0.25) is 0 Å². The average molecular weight is 404 g/mol. The zero-order valence-corrected chi connectivity index (χ0v) is 16.8. The lowest BCUT2D eigenvalue weighted by atomic mass is 10.1. The third kappa shape index (κ3) is 4.38. The molecule has 6 heteroatoms. The summed E-state index contributed by atoms with van der Waals surface area (Å²) in [4.78, 5) is 13.7. The zero-order valence-electron chi connectivity index (χ0n) is 15.9. The van der Waals surface area contributed by atoms with Crippen LogP contribution in [0, 0.1) is 0 Å². The van der Waals surface area contributed by atoms with Crippen molar-refractivity contribution in [2.24, 2.45) is 0 Å². The van der Waals surface area contributed by atoms with Gasteiger partial charge in [-0.25, -0.2) is 9.48 Å². The van der Waals surface area contributed by atoms with Gasteiger partial charge in [0.1, 0.15) is 17.0 Å². The second kappa shape index (κ2) is 8.75. The van der Waals surface area contributed by atoms with Crippen LogP contribution in [0.1, 0.15) is 15.9 Å². The number of esters is 1. The van der Waals surface area contributed by atoms with Gasteiger partial charge in [-0.15, -0.1) is 11.3 Å². The molecule has 0 radical (unpaired) electrons. The number of aromatic nitrogens is 2. The van der Waals surface area contributed by atoms with E-state index in [0.717, 1.165) is 21.9 Å². The molecule has 4 aromatic rings. The second-order valence-corrected chi connectivity index (χ2v) is 7.33. The van der Waals surface area contributed by atoms with Gasteiger partial charge in [-0.1, -0.05) is 36.4 Å². The number of thiophene rings is 1. The standard InChI is InChI=1S/C23H20N2O3S/c1-27-19-11-9-17(10-12-19)13-14-28-23(26)20-16-25(18-6-3-2-4-7-18)24-22(20)21-8-5-15-29-21/h2-12,15-16H,13-14H2,1H3. The van der Waals surface area contributed by atoms with Gasteiger partial charge >= 0.3 is 5.97 Å². The number of rotatable bonds is 7. The summed E-state index contributed by atoms with van der Waals surface area (Å²) in [6, 6.07) is 21.4. The van der Waals surface area contributed by atoms with E-state index in [2.05, 4.69) is 5.10 Å². The molecule has 0 spiro atoms. The van der Waals surface area contributed by atoms with Crippen molar-refractivity contribution in [2.45, 2.75) is 6.42 Å². The highest BCUT2D eigenvalue weighted by Gasteiger charge is 2.20. The summed E-state index contributed by atoms with van der Waals surface area (Å²) < 4.78 is 12.4. The van der Waals surface area contributed by atoms with Crippen molar-refractivity contribution >= 4 is 17.3 Å². The Bertz CT molecular complexity index is 1070. The summed E-state index contributed by atoms with van der Waals surface area (Å²) in [6.45, 7) is 0.297. The number of hydrogen-bond donors (Lipinski definition) is 0. The van der Waals surface area contributed by atoms with Crippen LogP contribution >= 0.6 is 11.3 Å². The van der Waals surface area contributed by atoms with E-state index >= 15 is 0 Å². The molecule has 146 valence electrons. The molecule has 0 atom stereocenters. The third-order valence-electron chi connectivity index (χ3n) is 4.49. The topological polar surface area (TPSA) is 53.4 Å². The monoisotopic (exact) mass is 404 g/mol. The molecule has 5 nitrogen and oxygen atoms in total. The van der Waals surface area contributed by atoms with Crippen LogP contribution in [0.25, 0.3) is 16.3 Å². The van der Waals surface area contributed by atoms with Crippen LogP contribution in [-0.2, 0) is 11.2 Å². The summed E-state index contributed by atoms with van der Waals surface area (Å²) in [7, 11) is 1.64. The normalized spacial score (nSPS) is 10.7. The molecule has 29 heavy (non-hydrogen) atoms. The van der Waals surface area contributed by atoms with Gasteiger partial charge in [0.25, 0.3) is 0 Å². The predicted molar refractivity (Wildman–Crippen MR) is 114 cm³/mol. The first-order valence-corrected chi connectivity index (χ1v) is 10.1. The van der Waals surface area contributed by atoms with E-state index in [1.165, 1.54) is 0 Å². The van der Waals surface area contributed by atoms with Gasteiger partial charge in [0.2, 0.25) is 0 Å². The lowest BCUT2D eigenvalue weighted by Gasteiger charge is -2.06. The molecule has 2 heterocycles. The summed E-state index contributed by atoms with van der Waals surface area (Å²) in [6.07, 6.45) is 2.37. The first-order valence-electron chi connectivity index (χ1n) is 9.23. The molecule has 0 aliphatic rings. The maximum Gasteiger partial charge on any atom is 0.342 e. The number of ether oxygens (including phenoxy) is 2. The number of carbonyl (C=O) groups is 1. The largest absolute Gasteiger partial charge is 0.497 e. The Balaban J connectivity index is 1.51. The van der Waals surface area contributed by atoms with Gasteiger partial charge in [-0.3, -0.25) is 0 Å². The number of hydrogen-bond acceptors (Lipinski definition) is 5. The number of carbonyl (C=O) groups excluding carboxylic acids is 1. The van der Waals surface area contributed by atoms with E-state index in [4.69, 9.17) is 9.47 Å². The molecule has 4 rings (SSSR count). The lowest BCUT2D eigenvalue weighted by Crippen LogP contribution is -2.08. The van der Waals surface area contributed by atoms with Crippen molar-refractivity contribution < 1.29 is 14.3 Å². The Hall–Kier alpha value is -3.38. The van der Waals surface area contributed by atoms with Crippen molar-refractivity contribution in [3.63, 3.8) is 0 Å². The molecule has 0 aliphatic heterocycles. The molecular formula is C23H20N2O3S. The number of para-hydroxylation sites is 1. The molecule has 0 saturated carbocycles. The van der Waals surface area contributed by atoms with E-state index < -0.39 is 0 Å². The fourth-order valence-electron chi connectivity index (χ4n) is 2.96. The van der Waals surface area contributed by atoms with E-state index in [9.17, 15) is 4.79 Å². The predicted octanol–water partition coefficient (Wildman–Crippen LogP) is 5.01. The molecule has 0 fully saturated rings. The minimum Gasteiger partial charge on any atom is -0.497 e. The Morgan fingerprint density at radius 3 is 2.52 bits per heavy atom. The highest BCUT2D eigenvalue weighted by atomic mass is 32.1. The van der Waals surface area contributed by atoms with Crippen molar-refractivity contribution in [2.75, 3.05) is 13.7 Å². The lowest BCUT2D eigenvalue weighted by molar-refractivity contribution is 0.0510. The minimum absolute atomic E-state index is 0.297. The van der Waals surface area contributed by atoms with E-state index in [-0.39, 0.29) is 5.97 Å². The Kier molecular flexibility index (Phi) is 5.72. The van der Waals surface area contributed by atoms with Gasteiger partial charge in [0.15, 0.2) is 0 Å². The Morgan fingerprint density at radius 1 is 1.03 bits per heavy atom. The van der Waals surface area contributed by atoms with Crippen LogP contribution in [0.15, 0.2) is 78.3 Å². The molecule has 0 N–H and O–H groups in total. The summed E-state index contributed by atoms with van der Waals surface area (Å²) >= 11 is 1.54. The zero-order chi connectivity index (χ0) is 20.1. The van der Waals surface area contributed by atoms with Crippen LogP contribution in [-0.4, -0.2) is 29.5 Å². The first kappa shape index (κ1) is 19.0. The molecule has 0 amide bonds. The molecule has 0 unspecified atom stereocenters. The third-order valence-corrected chi connectivity index (χ3v) is 5.37. The van der Waals surface area contributed by atoms with Gasteiger partial charge in [-0.2, -0.15) is 5.10 Å². The van der Waals surface area contributed by atoms with E-state index in [1.54, 1.807) is 29.3 Å². The average Bonchev–Trinajstić information content (AvgIpc) is 3.45. The number of benzene rings is 2. The SMILES string of the molecule is COc1ccc(CCOC(=O)c2cn(-c3ccccc3)nc2-c2cccs2)cc1. The summed E-state index contributed by atoms with van der Waals surface area (Å²) in [5, 5.41) is 6.61. The molecular weight excluding hydrogens is 384 g/mol. The van der Waals surface area contributed by atoms with Crippen LogP contribution in [0.3, 0.4) is 0 Å². The van der Waals surface area contributed by atoms with Crippen molar-refractivity contribution in [3.05, 3.63) is 89.4 Å². The Morgan fingerprint density at radius 2 is 1.83 bits per heavy atom. The highest BCUT2D eigenvalue weighted by Crippen LogP contribution is 2.28. The number of nitrogens with zero attached hydrogens (tertiary/aromatic N) is 2. The molecule has 0 saturated heterocycles. The van der Waals surface area contributed by atoms with Crippen molar-refractivity contribution in [3.8, 4) is 22.0 Å². The second-order valence-electron chi connectivity index (χ2n) is 6.38. The van der Waals surface area contributed by atoms with E-state index in [1.807, 2.05) is 72.1 Å². The van der Waals surface area contributed by atoms with Gasteiger partial charge in [-0.05, 0) is 41.3 Å². The first-order chi connectivity index (χ1) is 14.2. The van der Waals surface area contributed by atoms with Gasteiger partial charge in [0, 0.05) is 12.6 Å². The van der Waals surface area contributed by atoms with Gasteiger partial charge < -0.3 is 9.47 Å². The quantitative estimate of drug-likeness (QED) is 0.406. The summed E-state index contributed by atoms with van der Waals surface area (Å²) in [5.41, 5.74) is 3.07. The van der Waals surface area contributed by atoms with E-state index in [0.29, 0.717) is 24.3 Å². The maximum absolute atomic E-state index is 12.8. The molecule has 0 bridgehead atoms. The van der Waals surface area contributed by atoms with Crippen LogP contribution < -0.4 is 4.74 Å². The fourth-order valence-corrected chi connectivity index (χ4v) is 3.69. The minimum atomic E-state index is -0.371. The molecule has 0 aliphatic carbocycles. The maximum atomic E-state index is 12.8. The fraction of sp³-hybridized carbons (Fsp3) is 0.130. The van der Waals surface area contributed by atoms with Crippen molar-refractivity contribution in [1.82, 2.24) is 9.78 Å². The van der Waals surface area contributed by atoms with Gasteiger partial charge in [0.05, 0.1) is 24.3 Å². The Labute approximate surface area is 173 Å². The molecule has 2 aromatic carbocycles. The summed E-state index contributed by atoms with van der Waals surface area (Å²) in [5.74, 6) is 0.434. The molecule has 2 aromatic heterocycles. The van der Waals surface area contributed by atoms with Crippen LogP contribution in [0.5, 0.6) is 5.75 Å². The highest BCUT2D eigenvalue weighted by molar-refractivity contribution is 7.13. The van der Waals surface area contributed by atoms with Crippen LogP contribution in [0.4, 0.5) is 0 Å². The van der Waals surface area contributed by atoms with Crippen molar-refractivity contribution in [1.29, 1.82) is 0 Å².